The molecule has 0 unspecified atom stereocenters. The van der Waals surface area contributed by atoms with Crippen LogP contribution in [0.1, 0.15) is 0 Å². The van der Waals surface area contributed by atoms with Crippen molar-refractivity contribution in [3.8, 4) is 28.3 Å². The van der Waals surface area contributed by atoms with E-state index in [1.807, 2.05) is 71.3 Å². The number of para-hydroxylation sites is 1. The van der Waals surface area contributed by atoms with Gasteiger partial charge in [0.2, 0.25) is 0 Å². The summed E-state index contributed by atoms with van der Waals surface area (Å²) in [6.07, 6.45) is 4.91. The summed E-state index contributed by atoms with van der Waals surface area (Å²) < 4.78 is 1.96. The van der Waals surface area contributed by atoms with Gasteiger partial charge in [0, 0.05) is 17.4 Å². The van der Waals surface area contributed by atoms with Crippen LogP contribution in [0.15, 0.2) is 85.1 Å². The number of imidazole rings is 1. The Bertz CT molecular complexity index is 841. The van der Waals surface area contributed by atoms with Crippen molar-refractivity contribution in [1.82, 2.24) is 14.5 Å². The maximum absolute atomic E-state index is 4.54. The smallest absolute Gasteiger partial charge is 0.182 e. The standard InChI is InChI=1S/C20H14N3/c1-3-9-16(10-4-1)19-20(18-13-7-8-14-21-18)23(15-22-19)17-11-5-2-6-12-17/h1-14H. The van der Waals surface area contributed by atoms with E-state index in [9.17, 15) is 0 Å². The van der Waals surface area contributed by atoms with Gasteiger partial charge in [-0.3, -0.25) is 9.55 Å². The van der Waals surface area contributed by atoms with E-state index in [1.54, 1.807) is 6.20 Å². The summed E-state index contributed by atoms with van der Waals surface area (Å²) in [6.45, 7) is 0. The average Bonchev–Trinajstić information content (AvgIpc) is 3.09. The third-order valence-corrected chi connectivity index (χ3v) is 3.68. The van der Waals surface area contributed by atoms with Crippen molar-refractivity contribution < 1.29 is 0 Å². The SMILES string of the molecule is [c]1nc(-c2ccccc2)c(-c2ccccn2)n1-c1ccccc1. The minimum Gasteiger partial charge on any atom is -0.288 e. The topological polar surface area (TPSA) is 30.7 Å². The summed E-state index contributed by atoms with van der Waals surface area (Å²) >= 11 is 0. The summed E-state index contributed by atoms with van der Waals surface area (Å²) in [5, 5.41) is 0. The largest absolute Gasteiger partial charge is 0.288 e. The molecule has 0 bridgehead atoms. The van der Waals surface area contributed by atoms with Gasteiger partial charge < -0.3 is 0 Å². The third-order valence-electron chi connectivity index (χ3n) is 3.68. The molecule has 0 aliphatic heterocycles. The zero-order valence-corrected chi connectivity index (χ0v) is 12.4. The molecule has 109 valence electrons. The molecule has 2 aromatic carbocycles. The molecule has 0 saturated heterocycles. The predicted octanol–water partition coefficient (Wildman–Crippen LogP) is 4.40. The predicted molar refractivity (Wildman–Crippen MR) is 91.1 cm³/mol. The van der Waals surface area contributed by atoms with Crippen LogP contribution in [0.2, 0.25) is 0 Å². The fraction of sp³-hybridized carbons (Fsp3) is 0. The van der Waals surface area contributed by atoms with Crippen LogP contribution in [-0.2, 0) is 0 Å². The number of hydrogen-bond donors (Lipinski definition) is 0. The number of rotatable bonds is 3. The Morgan fingerprint density at radius 2 is 1.43 bits per heavy atom. The van der Waals surface area contributed by atoms with Gasteiger partial charge in [-0.25, -0.2) is 4.98 Å². The molecule has 2 aromatic heterocycles. The molecule has 1 radical (unpaired) electrons. The van der Waals surface area contributed by atoms with E-state index in [0.29, 0.717) is 0 Å². The van der Waals surface area contributed by atoms with Gasteiger partial charge in [0.25, 0.3) is 0 Å². The second kappa shape index (κ2) is 5.89. The number of nitrogens with zero attached hydrogens (tertiary/aromatic N) is 3. The van der Waals surface area contributed by atoms with Gasteiger partial charge in [-0.1, -0.05) is 54.6 Å². The monoisotopic (exact) mass is 296 g/mol. The molecule has 0 fully saturated rings. The quantitative estimate of drug-likeness (QED) is 0.561. The van der Waals surface area contributed by atoms with E-state index < -0.39 is 0 Å². The van der Waals surface area contributed by atoms with Crippen molar-refractivity contribution in [1.29, 1.82) is 0 Å². The summed E-state index contributed by atoms with van der Waals surface area (Å²) in [7, 11) is 0. The van der Waals surface area contributed by atoms with Gasteiger partial charge in [0.1, 0.15) is 0 Å². The Labute approximate surface area is 134 Å². The van der Waals surface area contributed by atoms with E-state index >= 15 is 0 Å². The second-order valence-corrected chi connectivity index (χ2v) is 5.16. The highest BCUT2D eigenvalue weighted by Gasteiger charge is 2.17. The van der Waals surface area contributed by atoms with Crippen LogP contribution < -0.4 is 0 Å². The fourth-order valence-electron chi connectivity index (χ4n) is 2.61. The van der Waals surface area contributed by atoms with Crippen molar-refractivity contribution in [3.05, 3.63) is 91.4 Å². The molecule has 3 nitrogen and oxygen atoms in total. The molecule has 0 aliphatic rings. The summed E-state index contributed by atoms with van der Waals surface area (Å²) in [4.78, 5) is 9.05. The van der Waals surface area contributed by atoms with Gasteiger partial charge in [-0.15, -0.1) is 0 Å². The first-order valence-electron chi connectivity index (χ1n) is 7.46. The minimum absolute atomic E-state index is 0.879. The van der Waals surface area contributed by atoms with E-state index in [1.165, 1.54) is 0 Å². The van der Waals surface area contributed by atoms with E-state index in [0.717, 1.165) is 28.3 Å². The van der Waals surface area contributed by atoms with Gasteiger partial charge in [-0.2, -0.15) is 0 Å². The van der Waals surface area contributed by atoms with Crippen LogP contribution in [0.5, 0.6) is 0 Å². The lowest BCUT2D eigenvalue weighted by atomic mass is 10.1. The molecule has 0 spiro atoms. The van der Waals surface area contributed by atoms with E-state index in [4.69, 9.17) is 0 Å². The number of pyridine rings is 1. The molecule has 23 heavy (non-hydrogen) atoms. The molecule has 4 aromatic rings. The first kappa shape index (κ1) is 13.5. The summed E-state index contributed by atoms with van der Waals surface area (Å²) in [5.74, 6) is 0. The van der Waals surface area contributed by atoms with Crippen LogP contribution in [0.3, 0.4) is 0 Å². The number of aromatic nitrogens is 3. The normalized spacial score (nSPS) is 10.6. The molecule has 3 heteroatoms. The maximum Gasteiger partial charge on any atom is 0.182 e. The van der Waals surface area contributed by atoms with Crippen molar-refractivity contribution >= 4 is 0 Å². The summed E-state index contributed by atoms with van der Waals surface area (Å²) in [6, 6.07) is 26.1. The fourth-order valence-corrected chi connectivity index (χ4v) is 2.61. The average molecular weight is 296 g/mol. The highest BCUT2D eigenvalue weighted by Crippen LogP contribution is 2.31. The van der Waals surface area contributed by atoms with Gasteiger partial charge in [0.15, 0.2) is 6.33 Å². The molecule has 0 atom stereocenters. The summed E-state index contributed by atoms with van der Waals surface area (Å²) in [5.41, 5.74) is 4.78. The maximum atomic E-state index is 4.54. The zero-order chi connectivity index (χ0) is 15.5. The lowest BCUT2D eigenvalue weighted by Crippen LogP contribution is -1.97. The zero-order valence-electron chi connectivity index (χ0n) is 12.4. The Balaban J connectivity index is 1.97. The van der Waals surface area contributed by atoms with Crippen molar-refractivity contribution in [2.75, 3.05) is 0 Å². The van der Waals surface area contributed by atoms with E-state index in [-0.39, 0.29) is 0 Å². The number of benzene rings is 2. The molecule has 2 heterocycles. The second-order valence-electron chi connectivity index (χ2n) is 5.16. The van der Waals surface area contributed by atoms with Gasteiger partial charge in [-0.05, 0) is 24.3 Å². The molecular formula is C20H14N3. The highest BCUT2D eigenvalue weighted by atomic mass is 15.1. The molecule has 0 saturated carbocycles. The Hall–Kier alpha value is -3.20. The van der Waals surface area contributed by atoms with E-state index in [2.05, 4.69) is 28.4 Å². The Kier molecular flexibility index (Phi) is 3.45. The minimum atomic E-state index is 0.879. The Morgan fingerprint density at radius 1 is 0.739 bits per heavy atom. The third kappa shape index (κ3) is 2.53. The lowest BCUT2D eigenvalue weighted by Gasteiger charge is -2.09. The lowest BCUT2D eigenvalue weighted by molar-refractivity contribution is 1.04. The van der Waals surface area contributed by atoms with Crippen LogP contribution in [0.4, 0.5) is 0 Å². The highest BCUT2D eigenvalue weighted by molar-refractivity contribution is 5.78. The molecule has 0 amide bonds. The molecule has 4 rings (SSSR count). The van der Waals surface area contributed by atoms with Crippen LogP contribution >= 0.6 is 0 Å². The van der Waals surface area contributed by atoms with Crippen molar-refractivity contribution in [3.63, 3.8) is 0 Å². The first-order chi connectivity index (χ1) is 11.4. The molecule has 0 aliphatic carbocycles. The number of hydrogen-bond acceptors (Lipinski definition) is 2. The van der Waals surface area contributed by atoms with Crippen LogP contribution in [-0.4, -0.2) is 14.5 Å². The van der Waals surface area contributed by atoms with Crippen molar-refractivity contribution in [2.24, 2.45) is 0 Å². The van der Waals surface area contributed by atoms with Gasteiger partial charge >= 0.3 is 0 Å². The van der Waals surface area contributed by atoms with Crippen molar-refractivity contribution in [2.45, 2.75) is 0 Å². The van der Waals surface area contributed by atoms with Gasteiger partial charge in [0.05, 0.1) is 17.1 Å². The Morgan fingerprint density at radius 3 is 2.13 bits per heavy atom. The first-order valence-corrected chi connectivity index (χ1v) is 7.46. The van der Waals surface area contributed by atoms with Crippen LogP contribution in [0, 0.1) is 6.33 Å². The van der Waals surface area contributed by atoms with Crippen LogP contribution in [0.25, 0.3) is 28.3 Å². The molecule has 0 N–H and O–H groups in total. The molecular weight excluding hydrogens is 282 g/mol.